The van der Waals surface area contributed by atoms with Crippen molar-refractivity contribution in [3.63, 3.8) is 0 Å². The molecule has 1 amide bonds. The van der Waals surface area contributed by atoms with Crippen molar-refractivity contribution in [3.05, 3.63) is 76.4 Å². The summed E-state index contributed by atoms with van der Waals surface area (Å²) in [5.41, 5.74) is 2.20. The molecule has 0 saturated carbocycles. The largest absolute Gasteiger partial charge is 0.322 e. The highest BCUT2D eigenvalue weighted by atomic mass is 35.5. The summed E-state index contributed by atoms with van der Waals surface area (Å²) in [4.78, 5) is 16.4. The minimum atomic E-state index is -0.243. The highest BCUT2D eigenvalue weighted by Gasteiger charge is 2.05. The lowest BCUT2D eigenvalue weighted by atomic mass is 10.2. The van der Waals surface area contributed by atoms with Gasteiger partial charge in [-0.3, -0.25) is 9.78 Å². The van der Waals surface area contributed by atoms with Gasteiger partial charge in [0, 0.05) is 27.7 Å². The normalized spacial score (nSPS) is 11.0. The van der Waals surface area contributed by atoms with Crippen LogP contribution in [0.25, 0.3) is 17.0 Å². The van der Waals surface area contributed by atoms with Crippen molar-refractivity contribution in [2.24, 2.45) is 0 Å². The van der Waals surface area contributed by atoms with E-state index in [9.17, 15) is 4.79 Å². The number of anilines is 1. The smallest absolute Gasteiger partial charge is 0.248 e. The first-order valence-electron chi connectivity index (χ1n) is 6.91. The zero-order chi connectivity index (χ0) is 16.2. The molecule has 1 heterocycles. The number of aromatic nitrogens is 1. The molecule has 3 aromatic rings. The molecule has 0 atom stereocenters. The molecular formula is C18H12Cl2N2O. The van der Waals surface area contributed by atoms with Gasteiger partial charge in [0.15, 0.2) is 0 Å². The molecule has 0 saturated heterocycles. The van der Waals surface area contributed by atoms with E-state index in [2.05, 4.69) is 10.3 Å². The molecule has 0 fully saturated rings. The number of fused-ring (bicyclic) bond motifs is 1. The molecular weight excluding hydrogens is 331 g/mol. The van der Waals surface area contributed by atoms with Crippen LogP contribution in [0.15, 0.2) is 60.8 Å². The fourth-order valence-electron chi connectivity index (χ4n) is 2.18. The Morgan fingerprint density at radius 1 is 1.09 bits per heavy atom. The Kier molecular flexibility index (Phi) is 4.60. The van der Waals surface area contributed by atoms with Crippen molar-refractivity contribution in [2.45, 2.75) is 0 Å². The van der Waals surface area contributed by atoms with E-state index in [4.69, 9.17) is 23.2 Å². The van der Waals surface area contributed by atoms with Crippen LogP contribution in [0.1, 0.15) is 5.56 Å². The van der Waals surface area contributed by atoms with Gasteiger partial charge in [-0.25, -0.2) is 0 Å². The number of nitrogens with one attached hydrogen (secondary N) is 1. The molecule has 114 valence electrons. The van der Waals surface area contributed by atoms with Crippen molar-refractivity contribution >= 4 is 51.8 Å². The van der Waals surface area contributed by atoms with Crippen LogP contribution in [0.3, 0.4) is 0 Å². The van der Waals surface area contributed by atoms with Crippen LogP contribution in [0.5, 0.6) is 0 Å². The van der Waals surface area contributed by atoms with Crippen LogP contribution in [-0.2, 0) is 4.79 Å². The van der Waals surface area contributed by atoms with E-state index in [1.165, 1.54) is 6.08 Å². The van der Waals surface area contributed by atoms with E-state index in [1.807, 2.05) is 24.3 Å². The van der Waals surface area contributed by atoms with Gasteiger partial charge in [0.05, 0.1) is 11.2 Å². The van der Waals surface area contributed by atoms with Gasteiger partial charge in [-0.15, -0.1) is 0 Å². The molecule has 0 spiro atoms. The predicted molar refractivity (Wildman–Crippen MR) is 95.9 cm³/mol. The van der Waals surface area contributed by atoms with E-state index < -0.39 is 0 Å². The third-order valence-corrected chi connectivity index (χ3v) is 3.86. The average Bonchev–Trinajstić information content (AvgIpc) is 2.54. The second-order valence-electron chi connectivity index (χ2n) is 4.86. The molecule has 3 nitrogen and oxygen atoms in total. The predicted octanol–water partition coefficient (Wildman–Crippen LogP) is 5.19. The summed E-state index contributed by atoms with van der Waals surface area (Å²) >= 11 is 12.0. The van der Waals surface area contributed by atoms with Crippen LogP contribution in [0.4, 0.5) is 5.69 Å². The van der Waals surface area contributed by atoms with E-state index >= 15 is 0 Å². The maximum absolute atomic E-state index is 12.1. The summed E-state index contributed by atoms with van der Waals surface area (Å²) in [6, 6.07) is 14.4. The van der Waals surface area contributed by atoms with Gasteiger partial charge < -0.3 is 5.32 Å². The molecule has 23 heavy (non-hydrogen) atoms. The number of carbonyl (C=O) groups is 1. The van der Waals surface area contributed by atoms with Gasteiger partial charge in [-0.1, -0.05) is 41.4 Å². The number of nitrogens with zero attached hydrogens (tertiary/aromatic N) is 1. The summed E-state index contributed by atoms with van der Waals surface area (Å²) < 4.78 is 0. The van der Waals surface area contributed by atoms with E-state index in [0.717, 1.165) is 16.5 Å². The summed E-state index contributed by atoms with van der Waals surface area (Å²) in [7, 11) is 0. The zero-order valence-electron chi connectivity index (χ0n) is 12.0. The van der Waals surface area contributed by atoms with Crippen molar-refractivity contribution in [3.8, 4) is 0 Å². The Balaban J connectivity index is 1.82. The van der Waals surface area contributed by atoms with E-state index in [0.29, 0.717) is 15.7 Å². The Bertz CT molecular complexity index is 906. The van der Waals surface area contributed by atoms with Crippen LogP contribution in [0.2, 0.25) is 10.0 Å². The first-order valence-corrected chi connectivity index (χ1v) is 7.67. The van der Waals surface area contributed by atoms with Crippen molar-refractivity contribution in [1.29, 1.82) is 0 Å². The fraction of sp³-hybridized carbons (Fsp3) is 0. The number of hydrogen-bond donors (Lipinski definition) is 1. The monoisotopic (exact) mass is 342 g/mol. The molecule has 1 N–H and O–H groups in total. The number of amides is 1. The number of rotatable bonds is 3. The van der Waals surface area contributed by atoms with Crippen LogP contribution in [0, 0.1) is 0 Å². The van der Waals surface area contributed by atoms with Gasteiger partial charge in [0.1, 0.15) is 0 Å². The topological polar surface area (TPSA) is 42.0 Å². The number of hydrogen-bond acceptors (Lipinski definition) is 2. The first kappa shape index (κ1) is 15.5. The Hall–Kier alpha value is -2.36. The second-order valence-corrected chi connectivity index (χ2v) is 5.71. The van der Waals surface area contributed by atoms with Gasteiger partial charge in [-0.05, 0) is 42.0 Å². The molecule has 1 aromatic heterocycles. The molecule has 3 rings (SSSR count). The van der Waals surface area contributed by atoms with Crippen molar-refractivity contribution in [2.75, 3.05) is 5.32 Å². The number of halogens is 2. The van der Waals surface area contributed by atoms with E-state index in [-0.39, 0.29) is 5.91 Å². The maximum atomic E-state index is 12.1. The lowest BCUT2D eigenvalue weighted by Crippen LogP contribution is -2.08. The minimum absolute atomic E-state index is 0.243. The second kappa shape index (κ2) is 6.82. The average molecular weight is 343 g/mol. The number of benzene rings is 2. The lowest BCUT2D eigenvalue weighted by molar-refractivity contribution is -0.111. The molecule has 5 heteroatoms. The fourth-order valence-corrected chi connectivity index (χ4v) is 2.55. The summed E-state index contributed by atoms with van der Waals surface area (Å²) in [5, 5.41) is 4.87. The molecule has 0 aliphatic heterocycles. The SMILES string of the molecule is O=C(/C=C/c1ccccc1Cl)Nc1ccnc2cc(Cl)ccc12. The minimum Gasteiger partial charge on any atom is -0.322 e. The highest BCUT2D eigenvalue weighted by molar-refractivity contribution is 6.32. The molecule has 0 aliphatic carbocycles. The summed E-state index contributed by atoms with van der Waals surface area (Å²) in [6.45, 7) is 0. The quantitative estimate of drug-likeness (QED) is 0.665. The third kappa shape index (κ3) is 3.70. The molecule has 0 unspecified atom stereocenters. The highest BCUT2D eigenvalue weighted by Crippen LogP contribution is 2.24. The van der Waals surface area contributed by atoms with Gasteiger partial charge in [-0.2, -0.15) is 0 Å². The summed E-state index contributed by atoms with van der Waals surface area (Å²) in [5.74, 6) is -0.243. The Morgan fingerprint density at radius 2 is 1.91 bits per heavy atom. The third-order valence-electron chi connectivity index (χ3n) is 3.28. The number of carbonyl (C=O) groups excluding carboxylic acids is 1. The summed E-state index contributed by atoms with van der Waals surface area (Å²) in [6.07, 6.45) is 4.76. The van der Waals surface area contributed by atoms with Gasteiger partial charge in [0.2, 0.25) is 5.91 Å². The van der Waals surface area contributed by atoms with Crippen molar-refractivity contribution in [1.82, 2.24) is 4.98 Å². The lowest BCUT2D eigenvalue weighted by Gasteiger charge is -2.06. The molecule has 0 radical (unpaired) electrons. The van der Waals surface area contributed by atoms with Crippen molar-refractivity contribution < 1.29 is 4.79 Å². The first-order chi connectivity index (χ1) is 11.1. The Morgan fingerprint density at radius 3 is 2.74 bits per heavy atom. The molecule has 0 bridgehead atoms. The van der Waals surface area contributed by atoms with Gasteiger partial charge in [0.25, 0.3) is 0 Å². The van der Waals surface area contributed by atoms with E-state index in [1.54, 1.807) is 36.5 Å². The molecule has 0 aliphatic rings. The van der Waals surface area contributed by atoms with Crippen LogP contribution in [-0.4, -0.2) is 10.9 Å². The van der Waals surface area contributed by atoms with Crippen LogP contribution < -0.4 is 5.32 Å². The standard InChI is InChI=1S/C18H12Cl2N2O/c19-13-6-7-14-16(9-10-21-17(14)11-13)22-18(23)8-5-12-3-1-2-4-15(12)20/h1-11H,(H,21,22,23)/b8-5+. The molecule has 2 aromatic carbocycles. The number of pyridine rings is 1. The zero-order valence-corrected chi connectivity index (χ0v) is 13.5. The maximum Gasteiger partial charge on any atom is 0.248 e. The van der Waals surface area contributed by atoms with Crippen LogP contribution >= 0.6 is 23.2 Å². The van der Waals surface area contributed by atoms with Gasteiger partial charge >= 0.3 is 0 Å². The Labute approximate surface area is 143 Å².